The number of hydrogen-bond donors (Lipinski definition) is 0. The van der Waals surface area contributed by atoms with Crippen molar-refractivity contribution in [1.82, 2.24) is 0 Å². The van der Waals surface area contributed by atoms with Gasteiger partial charge in [0.05, 0.1) is 0 Å². The number of hydrogen-bond acceptors (Lipinski definition) is 0. The molecular weight excluding hydrogens is 295 g/mol. The second kappa shape index (κ2) is 18.8. The summed E-state index contributed by atoms with van der Waals surface area (Å²) in [6.45, 7) is 9.44. The van der Waals surface area contributed by atoms with Crippen LogP contribution in [0, 0.1) is 0 Å². The minimum Gasteiger partial charge on any atom is -0.104 e. The highest BCUT2D eigenvalue weighted by molar-refractivity contribution is 7.58. The molecule has 0 amide bonds. The predicted molar refractivity (Wildman–Crippen MR) is 112 cm³/mol. The van der Waals surface area contributed by atoms with Crippen molar-refractivity contribution in [3.8, 4) is 0 Å². The van der Waals surface area contributed by atoms with Gasteiger partial charge in [-0.05, 0) is 43.7 Å². The van der Waals surface area contributed by atoms with Crippen molar-refractivity contribution in [3.63, 3.8) is 0 Å². The highest BCUT2D eigenvalue weighted by atomic mass is 31.1. The Hall–Kier alpha value is 0.430. The van der Waals surface area contributed by atoms with E-state index in [-0.39, 0.29) is 0 Å². The van der Waals surface area contributed by atoms with Gasteiger partial charge in [0.15, 0.2) is 0 Å². The zero-order chi connectivity index (χ0) is 17.2. The molecule has 140 valence electrons. The van der Waals surface area contributed by atoms with E-state index >= 15 is 0 Å². The smallest absolute Gasteiger partial charge is 0.0212 e. The Kier molecular flexibility index (Phi) is 19.1. The van der Waals surface area contributed by atoms with Gasteiger partial charge in [-0.1, -0.05) is 98.3 Å². The molecule has 1 unspecified atom stereocenters. The fourth-order valence-electron chi connectivity index (χ4n) is 3.59. The van der Waals surface area contributed by atoms with Crippen LogP contribution in [0.4, 0.5) is 0 Å². The molecule has 1 heteroatoms. The Morgan fingerprint density at radius 2 is 0.957 bits per heavy atom. The van der Waals surface area contributed by atoms with Gasteiger partial charge in [-0.3, -0.25) is 0 Å². The molecule has 0 aliphatic carbocycles. The average Bonchev–Trinajstić information content (AvgIpc) is 2.57. The van der Waals surface area contributed by atoms with E-state index in [1.807, 2.05) is 0 Å². The summed E-state index contributed by atoms with van der Waals surface area (Å²) < 4.78 is 0. The van der Waals surface area contributed by atoms with E-state index < -0.39 is 0 Å². The normalized spacial score (nSPS) is 12.9. The summed E-state index contributed by atoms with van der Waals surface area (Å²) in [4.78, 5) is 0. The Labute approximate surface area is 150 Å². The SMILES string of the molecule is CCCCCCCP(CCCCCCC)C(CC)CCCCC. The van der Waals surface area contributed by atoms with E-state index in [9.17, 15) is 0 Å². The van der Waals surface area contributed by atoms with Crippen LogP contribution in [-0.4, -0.2) is 18.0 Å². The van der Waals surface area contributed by atoms with Gasteiger partial charge in [-0.25, -0.2) is 0 Å². The first kappa shape index (κ1) is 23.4. The van der Waals surface area contributed by atoms with Gasteiger partial charge in [-0.2, -0.15) is 0 Å². The van der Waals surface area contributed by atoms with Gasteiger partial charge in [0.25, 0.3) is 0 Å². The molecule has 0 spiro atoms. The van der Waals surface area contributed by atoms with Crippen LogP contribution in [0.15, 0.2) is 0 Å². The van der Waals surface area contributed by atoms with Crippen molar-refractivity contribution in [2.24, 2.45) is 0 Å². The molecule has 0 bridgehead atoms. The van der Waals surface area contributed by atoms with Crippen LogP contribution in [0.25, 0.3) is 0 Å². The van der Waals surface area contributed by atoms with Gasteiger partial charge in [0.2, 0.25) is 0 Å². The molecule has 0 rings (SSSR count). The maximum absolute atomic E-state index is 2.46. The predicted octanol–water partition coefficient (Wildman–Crippen LogP) is 8.77. The number of unbranched alkanes of at least 4 members (excludes halogenated alkanes) is 10. The molecule has 0 aromatic carbocycles. The minimum absolute atomic E-state index is 0.317. The molecule has 0 N–H and O–H groups in total. The summed E-state index contributed by atoms with van der Waals surface area (Å²) in [7, 11) is 0.317. The van der Waals surface area contributed by atoms with Crippen molar-refractivity contribution in [1.29, 1.82) is 0 Å². The second-order valence-corrected chi connectivity index (χ2v) is 10.2. The molecule has 0 heterocycles. The lowest BCUT2D eigenvalue weighted by molar-refractivity contribution is 0.620. The Morgan fingerprint density at radius 3 is 1.39 bits per heavy atom. The molecule has 0 saturated heterocycles. The summed E-state index contributed by atoms with van der Waals surface area (Å²) >= 11 is 0. The highest BCUT2D eigenvalue weighted by Crippen LogP contribution is 2.47. The fourth-order valence-corrected chi connectivity index (χ4v) is 6.87. The molecule has 0 aromatic heterocycles. The van der Waals surface area contributed by atoms with Crippen molar-refractivity contribution in [2.45, 2.75) is 130 Å². The third-order valence-corrected chi connectivity index (χ3v) is 8.66. The topological polar surface area (TPSA) is 0 Å². The standard InChI is InChI=1S/C22H47P/c1-5-9-12-14-17-20-23(21-18-15-13-10-6-2)22(8-4)19-16-11-7-3/h22H,5-21H2,1-4H3. The lowest BCUT2D eigenvalue weighted by atomic mass is 10.1. The lowest BCUT2D eigenvalue weighted by Gasteiger charge is -2.27. The monoisotopic (exact) mass is 342 g/mol. The van der Waals surface area contributed by atoms with Crippen LogP contribution in [0.3, 0.4) is 0 Å². The van der Waals surface area contributed by atoms with Gasteiger partial charge in [-0.15, -0.1) is 7.92 Å². The molecular formula is C22H47P. The maximum atomic E-state index is 2.46. The molecule has 0 saturated carbocycles. The average molecular weight is 343 g/mol. The van der Waals surface area contributed by atoms with E-state index in [1.54, 1.807) is 12.3 Å². The zero-order valence-electron chi connectivity index (χ0n) is 17.0. The Balaban J connectivity index is 4.15. The molecule has 0 aliphatic heterocycles. The summed E-state index contributed by atoms with van der Waals surface area (Å²) in [6, 6.07) is 0. The summed E-state index contributed by atoms with van der Waals surface area (Å²) in [6.07, 6.45) is 25.1. The van der Waals surface area contributed by atoms with Crippen molar-refractivity contribution in [2.75, 3.05) is 12.3 Å². The maximum Gasteiger partial charge on any atom is -0.0212 e. The molecule has 0 aromatic rings. The Morgan fingerprint density at radius 1 is 0.522 bits per heavy atom. The zero-order valence-corrected chi connectivity index (χ0v) is 17.9. The van der Waals surface area contributed by atoms with Gasteiger partial charge < -0.3 is 0 Å². The van der Waals surface area contributed by atoms with Crippen LogP contribution < -0.4 is 0 Å². The Bertz CT molecular complexity index is 200. The lowest BCUT2D eigenvalue weighted by Crippen LogP contribution is -2.09. The van der Waals surface area contributed by atoms with Crippen LogP contribution >= 0.6 is 7.92 Å². The highest BCUT2D eigenvalue weighted by Gasteiger charge is 2.18. The van der Waals surface area contributed by atoms with Gasteiger partial charge >= 0.3 is 0 Å². The van der Waals surface area contributed by atoms with E-state index in [4.69, 9.17) is 0 Å². The first-order valence-electron chi connectivity index (χ1n) is 11.0. The first-order valence-corrected chi connectivity index (χ1v) is 12.8. The number of rotatable bonds is 18. The van der Waals surface area contributed by atoms with E-state index in [2.05, 4.69) is 27.7 Å². The van der Waals surface area contributed by atoms with Crippen molar-refractivity contribution >= 4 is 7.92 Å². The van der Waals surface area contributed by atoms with Crippen LogP contribution in [-0.2, 0) is 0 Å². The molecule has 0 fully saturated rings. The van der Waals surface area contributed by atoms with Crippen molar-refractivity contribution in [3.05, 3.63) is 0 Å². The first-order chi connectivity index (χ1) is 11.3. The van der Waals surface area contributed by atoms with Crippen molar-refractivity contribution < 1.29 is 0 Å². The van der Waals surface area contributed by atoms with E-state index in [0.29, 0.717) is 7.92 Å². The molecule has 0 nitrogen and oxygen atoms in total. The third-order valence-electron chi connectivity index (χ3n) is 5.23. The summed E-state index contributed by atoms with van der Waals surface area (Å²) in [5.74, 6) is 0. The van der Waals surface area contributed by atoms with Crippen LogP contribution in [0.2, 0.25) is 0 Å². The molecule has 0 aliphatic rings. The van der Waals surface area contributed by atoms with Gasteiger partial charge in [0.1, 0.15) is 0 Å². The van der Waals surface area contributed by atoms with Crippen LogP contribution in [0.1, 0.15) is 124 Å². The van der Waals surface area contributed by atoms with Crippen LogP contribution in [0.5, 0.6) is 0 Å². The van der Waals surface area contributed by atoms with Gasteiger partial charge in [0, 0.05) is 0 Å². The summed E-state index contributed by atoms with van der Waals surface area (Å²) in [5, 5.41) is 0. The summed E-state index contributed by atoms with van der Waals surface area (Å²) in [5.41, 5.74) is 1.08. The van der Waals surface area contributed by atoms with E-state index in [1.165, 1.54) is 96.3 Å². The van der Waals surface area contributed by atoms with E-state index in [0.717, 1.165) is 5.66 Å². The molecule has 1 atom stereocenters. The minimum atomic E-state index is 0.317. The second-order valence-electron chi connectivity index (χ2n) is 7.42. The molecule has 23 heavy (non-hydrogen) atoms. The molecule has 0 radical (unpaired) electrons. The fraction of sp³-hybridized carbons (Fsp3) is 1.00. The largest absolute Gasteiger partial charge is 0.104 e. The third kappa shape index (κ3) is 14.5. The quantitative estimate of drug-likeness (QED) is 0.172.